The Morgan fingerprint density at radius 2 is 1.79 bits per heavy atom. The molecule has 0 radical (unpaired) electrons. The lowest BCUT2D eigenvalue weighted by Gasteiger charge is -2.17. The number of amides is 2. The van der Waals surface area contributed by atoms with Crippen LogP contribution in [0.15, 0.2) is 60.7 Å². The molecule has 0 saturated carbocycles. The van der Waals surface area contributed by atoms with E-state index in [1.54, 1.807) is 28.7 Å². The molecular formula is C24H22N6O3. The smallest absolute Gasteiger partial charge is 0.229 e. The molecule has 3 heterocycles. The summed E-state index contributed by atoms with van der Waals surface area (Å²) in [6.45, 7) is 2.19. The molecule has 2 aromatic heterocycles. The molecule has 1 aliphatic rings. The number of nitrogens with one attached hydrogen (secondary N) is 1. The molecule has 1 atom stereocenters. The molecule has 2 aromatic carbocycles. The van der Waals surface area contributed by atoms with Gasteiger partial charge >= 0.3 is 0 Å². The van der Waals surface area contributed by atoms with Gasteiger partial charge in [-0.25, -0.2) is 0 Å². The Bertz CT molecular complexity index is 1330. The molecule has 1 saturated heterocycles. The van der Waals surface area contributed by atoms with Gasteiger partial charge in [0.2, 0.25) is 11.8 Å². The van der Waals surface area contributed by atoms with Gasteiger partial charge in [-0.1, -0.05) is 12.1 Å². The number of aryl methyl sites for hydroxylation is 1. The summed E-state index contributed by atoms with van der Waals surface area (Å²) in [5.74, 6) is 0.772. The minimum Gasteiger partial charge on any atom is -0.497 e. The number of ether oxygens (including phenoxy) is 1. The van der Waals surface area contributed by atoms with Crippen molar-refractivity contribution in [1.82, 2.24) is 19.8 Å². The molecule has 5 rings (SSSR count). The second-order valence-electron chi connectivity index (χ2n) is 7.91. The molecule has 9 heteroatoms. The number of benzene rings is 2. The lowest BCUT2D eigenvalue weighted by molar-refractivity contribution is -0.122. The van der Waals surface area contributed by atoms with Gasteiger partial charge in [0.15, 0.2) is 11.5 Å². The number of hydrogen-bond donors (Lipinski definition) is 1. The minimum absolute atomic E-state index is 0.0681. The van der Waals surface area contributed by atoms with E-state index in [9.17, 15) is 9.59 Å². The maximum Gasteiger partial charge on any atom is 0.229 e. The van der Waals surface area contributed by atoms with E-state index in [1.165, 1.54) is 0 Å². The number of carbonyl (C=O) groups excluding carboxylic acids is 2. The van der Waals surface area contributed by atoms with Gasteiger partial charge in [0.05, 0.1) is 18.7 Å². The predicted octanol–water partition coefficient (Wildman–Crippen LogP) is 3.10. The standard InChI is InChI=1S/C24H22N6O3/c1-15-26-27-22-12-11-21(28-30(15)22)16-3-5-18(6-4-16)25-24(32)17-13-23(31)29(14-17)19-7-9-20(33-2)10-8-19/h3-12,17H,13-14H2,1-2H3,(H,25,32). The summed E-state index contributed by atoms with van der Waals surface area (Å²) in [6.07, 6.45) is 0.179. The Kier molecular flexibility index (Phi) is 5.21. The van der Waals surface area contributed by atoms with Crippen LogP contribution in [0.5, 0.6) is 5.75 Å². The number of fused-ring (bicyclic) bond motifs is 1. The Balaban J connectivity index is 1.26. The number of carbonyl (C=O) groups is 2. The summed E-state index contributed by atoms with van der Waals surface area (Å²) in [4.78, 5) is 26.9. The highest BCUT2D eigenvalue weighted by molar-refractivity contribution is 6.03. The normalized spacial score (nSPS) is 15.8. The zero-order chi connectivity index (χ0) is 22.9. The van der Waals surface area contributed by atoms with Crippen LogP contribution in [0.2, 0.25) is 0 Å². The minimum atomic E-state index is -0.417. The van der Waals surface area contributed by atoms with Gasteiger partial charge in [0.25, 0.3) is 0 Å². The maximum absolute atomic E-state index is 12.8. The summed E-state index contributed by atoms with van der Waals surface area (Å²) < 4.78 is 6.85. The summed E-state index contributed by atoms with van der Waals surface area (Å²) in [5, 5.41) is 15.6. The van der Waals surface area contributed by atoms with Crippen molar-refractivity contribution in [1.29, 1.82) is 0 Å². The molecule has 1 fully saturated rings. The van der Waals surface area contributed by atoms with E-state index in [4.69, 9.17) is 4.74 Å². The fraction of sp³-hybridized carbons (Fsp3) is 0.208. The van der Waals surface area contributed by atoms with Crippen molar-refractivity contribution >= 4 is 28.8 Å². The van der Waals surface area contributed by atoms with Gasteiger partial charge in [0.1, 0.15) is 5.75 Å². The first-order chi connectivity index (χ1) is 16.0. The van der Waals surface area contributed by atoms with Crippen LogP contribution in [0.4, 0.5) is 11.4 Å². The highest BCUT2D eigenvalue weighted by atomic mass is 16.5. The van der Waals surface area contributed by atoms with E-state index in [-0.39, 0.29) is 18.2 Å². The van der Waals surface area contributed by atoms with Crippen LogP contribution >= 0.6 is 0 Å². The molecule has 33 heavy (non-hydrogen) atoms. The summed E-state index contributed by atoms with van der Waals surface area (Å²) in [6, 6.07) is 18.4. The summed E-state index contributed by atoms with van der Waals surface area (Å²) in [5.41, 5.74) is 3.80. The molecule has 4 aromatic rings. The van der Waals surface area contributed by atoms with Gasteiger partial charge in [-0.2, -0.15) is 9.61 Å². The van der Waals surface area contributed by atoms with Crippen LogP contribution in [0.25, 0.3) is 16.9 Å². The SMILES string of the molecule is COc1ccc(N2CC(C(=O)Nc3ccc(-c4ccc5nnc(C)n5n4)cc3)CC2=O)cc1. The first-order valence-corrected chi connectivity index (χ1v) is 10.6. The van der Waals surface area contributed by atoms with Crippen LogP contribution in [0.3, 0.4) is 0 Å². The predicted molar refractivity (Wildman–Crippen MR) is 123 cm³/mol. The number of anilines is 2. The quantitative estimate of drug-likeness (QED) is 0.510. The van der Waals surface area contributed by atoms with E-state index < -0.39 is 5.92 Å². The van der Waals surface area contributed by atoms with Gasteiger partial charge in [-0.15, -0.1) is 10.2 Å². The molecule has 0 bridgehead atoms. The summed E-state index contributed by atoms with van der Waals surface area (Å²) in [7, 11) is 1.59. The molecule has 2 amide bonds. The summed E-state index contributed by atoms with van der Waals surface area (Å²) >= 11 is 0. The first kappa shape index (κ1) is 20.6. The highest BCUT2D eigenvalue weighted by Gasteiger charge is 2.35. The molecule has 9 nitrogen and oxygen atoms in total. The molecule has 166 valence electrons. The molecule has 0 spiro atoms. The second kappa shape index (κ2) is 8.34. The van der Waals surface area contributed by atoms with Crippen LogP contribution in [0, 0.1) is 12.8 Å². The molecule has 0 aliphatic carbocycles. The van der Waals surface area contributed by atoms with Crippen molar-refractivity contribution in [3.05, 3.63) is 66.5 Å². The topological polar surface area (TPSA) is 102 Å². The third-order valence-electron chi connectivity index (χ3n) is 5.75. The van der Waals surface area contributed by atoms with Crippen molar-refractivity contribution < 1.29 is 14.3 Å². The molecule has 1 unspecified atom stereocenters. The zero-order valence-corrected chi connectivity index (χ0v) is 18.2. The lowest BCUT2D eigenvalue weighted by atomic mass is 10.1. The van der Waals surface area contributed by atoms with Crippen LogP contribution < -0.4 is 15.0 Å². The third-order valence-corrected chi connectivity index (χ3v) is 5.75. The Hall–Kier alpha value is -4.27. The highest BCUT2D eigenvalue weighted by Crippen LogP contribution is 2.28. The number of rotatable bonds is 5. The Morgan fingerprint density at radius 3 is 2.52 bits per heavy atom. The monoisotopic (exact) mass is 442 g/mol. The van der Waals surface area contributed by atoms with Gasteiger partial charge < -0.3 is 15.0 Å². The molecule has 1 N–H and O–H groups in total. The molecular weight excluding hydrogens is 420 g/mol. The average Bonchev–Trinajstić information content (AvgIpc) is 3.42. The van der Waals surface area contributed by atoms with E-state index in [2.05, 4.69) is 20.6 Å². The average molecular weight is 442 g/mol. The van der Waals surface area contributed by atoms with Gasteiger partial charge in [0, 0.05) is 29.9 Å². The van der Waals surface area contributed by atoms with Crippen LogP contribution in [0.1, 0.15) is 12.2 Å². The van der Waals surface area contributed by atoms with E-state index >= 15 is 0 Å². The molecule has 1 aliphatic heterocycles. The number of nitrogens with zero attached hydrogens (tertiary/aromatic N) is 5. The van der Waals surface area contributed by atoms with Crippen molar-refractivity contribution in [2.75, 3.05) is 23.9 Å². The van der Waals surface area contributed by atoms with Gasteiger partial charge in [-0.3, -0.25) is 9.59 Å². The van der Waals surface area contributed by atoms with Crippen LogP contribution in [-0.4, -0.2) is 45.3 Å². The second-order valence-corrected chi connectivity index (χ2v) is 7.91. The third kappa shape index (κ3) is 4.00. The van der Waals surface area contributed by atoms with Crippen molar-refractivity contribution in [3.8, 4) is 17.0 Å². The van der Waals surface area contributed by atoms with Crippen LogP contribution in [-0.2, 0) is 9.59 Å². The lowest BCUT2D eigenvalue weighted by Crippen LogP contribution is -2.28. The number of hydrogen-bond acceptors (Lipinski definition) is 6. The van der Waals surface area contributed by atoms with Crippen molar-refractivity contribution in [2.45, 2.75) is 13.3 Å². The fourth-order valence-corrected chi connectivity index (χ4v) is 3.91. The largest absolute Gasteiger partial charge is 0.497 e. The number of aromatic nitrogens is 4. The maximum atomic E-state index is 12.8. The zero-order valence-electron chi connectivity index (χ0n) is 18.2. The number of methoxy groups -OCH3 is 1. The van der Waals surface area contributed by atoms with E-state index in [0.717, 1.165) is 22.7 Å². The van der Waals surface area contributed by atoms with E-state index in [0.29, 0.717) is 23.7 Å². The van der Waals surface area contributed by atoms with Crippen molar-refractivity contribution in [3.63, 3.8) is 0 Å². The Labute approximate surface area is 190 Å². The Morgan fingerprint density at radius 1 is 1.03 bits per heavy atom. The van der Waals surface area contributed by atoms with Gasteiger partial charge in [-0.05, 0) is 55.5 Å². The fourth-order valence-electron chi connectivity index (χ4n) is 3.91. The van der Waals surface area contributed by atoms with E-state index in [1.807, 2.05) is 55.5 Å². The first-order valence-electron chi connectivity index (χ1n) is 10.6. The van der Waals surface area contributed by atoms with Crippen molar-refractivity contribution in [2.24, 2.45) is 5.92 Å².